The van der Waals surface area contributed by atoms with Crippen molar-refractivity contribution >= 4 is 46.8 Å². The Morgan fingerprint density at radius 1 is 1.12 bits per heavy atom. The lowest BCUT2D eigenvalue weighted by molar-refractivity contribution is -0.138. The number of hydrogen-bond donors (Lipinski definition) is 2. The Hall–Kier alpha value is -2.58. The lowest BCUT2D eigenvalue weighted by Gasteiger charge is -2.50. The number of hydrogen-bond acceptors (Lipinski definition) is 6. The molecule has 1 aromatic rings. The molecule has 4 amide bonds. The maximum atomic E-state index is 13.3. The predicted octanol–water partition coefficient (Wildman–Crippen LogP) is 1.68. The van der Waals surface area contributed by atoms with Crippen LogP contribution >= 0.6 is 23.2 Å². The van der Waals surface area contributed by atoms with E-state index in [1.54, 1.807) is 18.2 Å². The van der Waals surface area contributed by atoms with Gasteiger partial charge < -0.3 is 9.84 Å². The highest BCUT2D eigenvalue weighted by Gasteiger charge is 2.75. The first-order valence-electron chi connectivity index (χ1n) is 10.2. The number of fused-ring (bicyclic) bond motifs is 4. The fraction of sp³-hybridized carbons (Fsp3) is 0.455. The number of rotatable bonds is 2. The molecule has 1 saturated carbocycles. The van der Waals surface area contributed by atoms with E-state index in [-0.39, 0.29) is 24.5 Å². The minimum absolute atomic E-state index is 0.0753. The molecule has 0 unspecified atom stereocenters. The number of ether oxygens (including phenoxy) is 1. The van der Waals surface area contributed by atoms with Crippen LogP contribution in [0.25, 0.3) is 0 Å². The first kappa shape index (κ1) is 21.3. The van der Waals surface area contributed by atoms with E-state index in [2.05, 4.69) is 5.32 Å². The van der Waals surface area contributed by atoms with Crippen LogP contribution < -0.4 is 10.1 Å². The van der Waals surface area contributed by atoms with Crippen LogP contribution in [0.2, 0.25) is 0 Å². The van der Waals surface area contributed by atoms with Crippen molar-refractivity contribution in [1.29, 1.82) is 0 Å². The Balaban J connectivity index is 1.76. The molecule has 3 fully saturated rings. The number of methoxy groups -OCH3 is 1. The van der Waals surface area contributed by atoms with E-state index in [9.17, 15) is 24.3 Å². The van der Waals surface area contributed by atoms with Gasteiger partial charge >= 0.3 is 0 Å². The van der Waals surface area contributed by atoms with Gasteiger partial charge in [-0.3, -0.25) is 29.4 Å². The monoisotopic (exact) mass is 478 g/mol. The summed E-state index contributed by atoms with van der Waals surface area (Å²) in [6.07, 6.45) is 2.00. The van der Waals surface area contributed by atoms with Gasteiger partial charge in [-0.15, -0.1) is 23.2 Å². The highest BCUT2D eigenvalue weighted by Crippen LogP contribution is 2.65. The minimum Gasteiger partial charge on any atom is -0.508 e. The number of aromatic hydroxyl groups is 1. The number of carbonyl (C=O) groups is 4. The number of nitrogens with zero attached hydrogens (tertiary/aromatic N) is 1. The third kappa shape index (κ3) is 2.39. The molecule has 168 valence electrons. The standard InChI is InChI=1S/C22H20Cl2N2O6/c1-26-19(30)21(23)8-13-10(5-6-12-15(13)18(29)25-17(12)28)16(22(21,24)20(26)31)11-4-3-9(32-2)7-14(11)27/h3-5,7,12-13,15-16,27H,6,8H2,1-2H3,(H,25,28,29)/t12-,13+,15-,16+,21+,22-/m0/s1. The number of imide groups is 2. The number of amides is 4. The number of halogens is 2. The molecule has 2 N–H and O–H groups in total. The molecule has 2 aliphatic carbocycles. The van der Waals surface area contributed by atoms with Crippen LogP contribution in [0, 0.1) is 17.8 Å². The van der Waals surface area contributed by atoms with E-state index in [4.69, 9.17) is 27.9 Å². The van der Waals surface area contributed by atoms with Gasteiger partial charge in [-0.2, -0.15) is 0 Å². The van der Waals surface area contributed by atoms with E-state index < -0.39 is 51.1 Å². The van der Waals surface area contributed by atoms with Gasteiger partial charge in [0.1, 0.15) is 11.5 Å². The molecule has 2 saturated heterocycles. The molecule has 2 aliphatic heterocycles. The molecular formula is C22H20Cl2N2O6. The molecule has 32 heavy (non-hydrogen) atoms. The number of carbonyl (C=O) groups excluding carboxylic acids is 4. The third-order valence-electron chi connectivity index (χ3n) is 7.41. The van der Waals surface area contributed by atoms with Crippen LogP contribution in [0.5, 0.6) is 11.5 Å². The smallest absolute Gasteiger partial charge is 0.253 e. The van der Waals surface area contributed by atoms with Gasteiger partial charge in [0.05, 0.1) is 18.9 Å². The number of allylic oxidation sites excluding steroid dienone is 2. The Bertz CT molecular complexity index is 1140. The van der Waals surface area contributed by atoms with Crippen molar-refractivity contribution < 1.29 is 29.0 Å². The van der Waals surface area contributed by atoms with Crippen LogP contribution in [0.3, 0.4) is 0 Å². The molecule has 1 aromatic carbocycles. The summed E-state index contributed by atoms with van der Waals surface area (Å²) in [7, 11) is 2.76. The number of phenols is 1. The predicted molar refractivity (Wildman–Crippen MR) is 113 cm³/mol. The average molecular weight is 479 g/mol. The minimum atomic E-state index is -1.92. The molecule has 0 radical (unpaired) electrons. The molecule has 4 aliphatic rings. The summed E-state index contributed by atoms with van der Waals surface area (Å²) >= 11 is 13.9. The van der Waals surface area contributed by atoms with Gasteiger partial charge in [-0.05, 0) is 24.8 Å². The second-order valence-corrected chi connectivity index (χ2v) is 10.0. The first-order valence-corrected chi connectivity index (χ1v) is 10.9. The second kappa shape index (κ2) is 6.71. The fourth-order valence-corrected chi connectivity index (χ4v) is 6.91. The lowest BCUT2D eigenvalue weighted by atomic mass is 9.56. The maximum absolute atomic E-state index is 13.3. The summed E-state index contributed by atoms with van der Waals surface area (Å²) in [5.41, 5.74) is 0.917. The molecule has 6 atom stereocenters. The number of alkyl halides is 2. The van der Waals surface area contributed by atoms with Gasteiger partial charge in [-0.25, -0.2) is 0 Å². The number of benzene rings is 1. The molecule has 10 heteroatoms. The average Bonchev–Trinajstić information content (AvgIpc) is 3.12. The van der Waals surface area contributed by atoms with Crippen molar-refractivity contribution in [2.24, 2.45) is 17.8 Å². The highest BCUT2D eigenvalue weighted by molar-refractivity contribution is 6.53. The van der Waals surface area contributed by atoms with Crippen molar-refractivity contribution in [3.63, 3.8) is 0 Å². The molecule has 5 rings (SSSR count). The Morgan fingerprint density at radius 2 is 1.84 bits per heavy atom. The fourth-order valence-electron chi connectivity index (χ4n) is 5.89. The summed E-state index contributed by atoms with van der Waals surface area (Å²) in [4.78, 5) is 48.6. The Kier molecular flexibility index (Phi) is 4.46. The van der Waals surface area contributed by atoms with Crippen LogP contribution in [0.4, 0.5) is 0 Å². The lowest BCUT2D eigenvalue weighted by Crippen LogP contribution is -2.60. The summed E-state index contributed by atoms with van der Waals surface area (Å²) in [5, 5.41) is 13.2. The van der Waals surface area contributed by atoms with Gasteiger partial charge in [0.15, 0.2) is 9.75 Å². The van der Waals surface area contributed by atoms with Crippen molar-refractivity contribution in [1.82, 2.24) is 10.2 Å². The number of nitrogens with one attached hydrogen (secondary N) is 1. The van der Waals surface area contributed by atoms with Gasteiger partial charge in [0.2, 0.25) is 11.8 Å². The first-order chi connectivity index (χ1) is 15.1. The molecule has 0 aromatic heterocycles. The van der Waals surface area contributed by atoms with Crippen LogP contribution in [0.1, 0.15) is 24.3 Å². The van der Waals surface area contributed by atoms with E-state index >= 15 is 0 Å². The Labute approximate surface area is 193 Å². The molecule has 0 bridgehead atoms. The summed E-state index contributed by atoms with van der Waals surface area (Å²) in [6, 6.07) is 4.57. The topological polar surface area (TPSA) is 113 Å². The maximum Gasteiger partial charge on any atom is 0.253 e. The number of phenolic OH excluding ortho intramolecular Hbond substituents is 1. The third-order valence-corrected chi connectivity index (χ3v) is 8.82. The molecular weight excluding hydrogens is 459 g/mol. The summed E-state index contributed by atoms with van der Waals surface area (Å²) in [6.45, 7) is 0. The van der Waals surface area contributed by atoms with Gasteiger partial charge in [0, 0.05) is 24.6 Å². The number of likely N-dealkylation sites (tertiary alicyclic amines) is 1. The van der Waals surface area contributed by atoms with Crippen molar-refractivity contribution in [3.05, 3.63) is 35.4 Å². The van der Waals surface area contributed by atoms with Crippen molar-refractivity contribution in [3.8, 4) is 11.5 Å². The second-order valence-electron chi connectivity index (χ2n) is 8.78. The SMILES string of the molecule is COc1ccc([C@H]2C3=CC[C@@H]4C(=O)NC(=O)[C@@H]4[C@@H]3C[C@@]3(Cl)C(=O)N(C)C(=O)[C@@]23Cl)c(O)c1. The normalized spacial score (nSPS) is 38.1. The Morgan fingerprint density at radius 3 is 2.50 bits per heavy atom. The van der Waals surface area contributed by atoms with Crippen LogP contribution in [-0.2, 0) is 19.2 Å². The zero-order valence-electron chi connectivity index (χ0n) is 17.2. The molecule has 0 spiro atoms. The quantitative estimate of drug-likeness (QED) is 0.379. The zero-order valence-corrected chi connectivity index (χ0v) is 18.7. The van der Waals surface area contributed by atoms with Crippen LogP contribution in [0.15, 0.2) is 29.8 Å². The zero-order chi connectivity index (χ0) is 23.2. The van der Waals surface area contributed by atoms with Crippen molar-refractivity contribution in [2.75, 3.05) is 14.2 Å². The summed E-state index contributed by atoms with van der Waals surface area (Å²) in [5.74, 6) is -4.81. The van der Waals surface area contributed by atoms with Crippen LogP contribution in [-0.4, -0.2) is 57.5 Å². The largest absolute Gasteiger partial charge is 0.508 e. The molecule has 8 nitrogen and oxygen atoms in total. The van der Waals surface area contributed by atoms with E-state index in [0.29, 0.717) is 16.9 Å². The van der Waals surface area contributed by atoms with E-state index in [1.165, 1.54) is 20.2 Å². The van der Waals surface area contributed by atoms with Crippen molar-refractivity contribution in [2.45, 2.75) is 28.5 Å². The van der Waals surface area contributed by atoms with Gasteiger partial charge in [-0.1, -0.05) is 17.7 Å². The van der Waals surface area contributed by atoms with Gasteiger partial charge in [0.25, 0.3) is 11.8 Å². The van der Waals surface area contributed by atoms with E-state index in [1.807, 2.05) is 0 Å². The molecule has 2 heterocycles. The van der Waals surface area contributed by atoms with E-state index in [0.717, 1.165) is 4.90 Å². The highest BCUT2D eigenvalue weighted by atomic mass is 35.5. The summed E-state index contributed by atoms with van der Waals surface area (Å²) < 4.78 is 5.16.